The molecule has 7 heavy (non-hydrogen) atoms. The van der Waals surface area contributed by atoms with Crippen molar-refractivity contribution in [1.29, 1.82) is 0 Å². The predicted molar refractivity (Wildman–Crippen MR) is 18.5 cm³/mol. The minimum atomic E-state index is -3.72. The lowest BCUT2D eigenvalue weighted by molar-refractivity contribution is -0.393. The molecular formula is C2H2F3OS-. The minimum absolute atomic E-state index is 1.22. The molecule has 0 saturated carbocycles. The molecule has 0 aromatic rings. The largest absolute Gasteiger partial charge is 0.850 e. The molecule has 0 aromatic carbocycles. The van der Waals surface area contributed by atoms with Crippen LogP contribution in [0.15, 0.2) is 0 Å². The maximum atomic E-state index is 11.2. The first-order valence-electron chi connectivity index (χ1n) is 1.38. The van der Waals surface area contributed by atoms with E-state index >= 15 is 0 Å². The molecule has 0 atom stereocenters. The van der Waals surface area contributed by atoms with Gasteiger partial charge in [-0.05, 0) is 0 Å². The van der Waals surface area contributed by atoms with Gasteiger partial charge in [0.05, 0.1) is 0 Å². The highest BCUT2D eigenvalue weighted by Gasteiger charge is 2.23. The molecule has 0 aliphatic carbocycles. The highest BCUT2D eigenvalue weighted by atomic mass is 32.2. The van der Waals surface area contributed by atoms with Crippen LogP contribution in [0.25, 0.3) is 0 Å². The molecule has 0 fully saturated rings. The summed E-state index contributed by atoms with van der Waals surface area (Å²) in [6.07, 6.45) is 0. The summed E-state index contributed by atoms with van der Waals surface area (Å²) >= 11 is -1.22. The van der Waals surface area contributed by atoms with Crippen LogP contribution in [-0.4, -0.2) is 11.9 Å². The zero-order valence-corrected chi connectivity index (χ0v) is 3.97. The van der Waals surface area contributed by atoms with Crippen LogP contribution in [0.5, 0.6) is 0 Å². The zero-order chi connectivity index (χ0) is 5.91. The summed E-state index contributed by atoms with van der Waals surface area (Å²) in [6.45, 7) is -1.70. The SMILES string of the molecule is [O-]CC(F)(F)SF. The van der Waals surface area contributed by atoms with Crippen molar-refractivity contribution in [3.05, 3.63) is 0 Å². The lowest BCUT2D eigenvalue weighted by Gasteiger charge is -2.11. The van der Waals surface area contributed by atoms with E-state index in [0.717, 1.165) is 0 Å². The van der Waals surface area contributed by atoms with Crippen molar-refractivity contribution in [3.8, 4) is 0 Å². The van der Waals surface area contributed by atoms with E-state index in [1.807, 2.05) is 0 Å². The molecule has 0 amide bonds. The second-order valence-corrected chi connectivity index (χ2v) is 1.61. The van der Waals surface area contributed by atoms with Crippen molar-refractivity contribution in [3.63, 3.8) is 0 Å². The smallest absolute Gasteiger partial charge is 0.307 e. The average Bonchev–Trinajstić information content (AvgIpc) is 1.68. The Hall–Kier alpha value is 0.1000. The van der Waals surface area contributed by atoms with Crippen molar-refractivity contribution >= 4 is 12.1 Å². The van der Waals surface area contributed by atoms with Gasteiger partial charge in [-0.1, -0.05) is 6.61 Å². The number of alkyl halides is 2. The first-order valence-corrected chi connectivity index (χ1v) is 2.10. The summed E-state index contributed by atoms with van der Waals surface area (Å²) < 4.78 is 33.1. The summed E-state index contributed by atoms with van der Waals surface area (Å²) in [5.74, 6) is 0. The van der Waals surface area contributed by atoms with E-state index in [1.54, 1.807) is 0 Å². The monoisotopic (exact) mass is 131 g/mol. The van der Waals surface area contributed by atoms with Crippen LogP contribution < -0.4 is 5.11 Å². The van der Waals surface area contributed by atoms with Gasteiger partial charge >= 0.3 is 5.25 Å². The highest BCUT2D eigenvalue weighted by Crippen LogP contribution is 2.27. The van der Waals surface area contributed by atoms with Gasteiger partial charge in [0.1, 0.15) is 12.1 Å². The maximum Gasteiger partial charge on any atom is 0.307 e. The Balaban J connectivity index is 3.36. The van der Waals surface area contributed by atoms with Gasteiger partial charge in [0.15, 0.2) is 0 Å². The van der Waals surface area contributed by atoms with Gasteiger partial charge in [-0.3, -0.25) is 0 Å². The summed E-state index contributed by atoms with van der Waals surface area (Å²) in [5.41, 5.74) is 0. The second-order valence-electron chi connectivity index (χ2n) is 0.859. The topological polar surface area (TPSA) is 23.1 Å². The quantitative estimate of drug-likeness (QED) is 0.546. The molecule has 44 valence electrons. The fraction of sp³-hybridized carbons (Fsp3) is 1.00. The normalized spacial score (nSPS) is 12.0. The Morgan fingerprint density at radius 3 is 2.00 bits per heavy atom. The fourth-order valence-electron chi connectivity index (χ4n) is 0.0223. The molecule has 0 radical (unpaired) electrons. The van der Waals surface area contributed by atoms with E-state index in [1.165, 1.54) is 0 Å². The number of halogens is 3. The zero-order valence-electron chi connectivity index (χ0n) is 3.16. The van der Waals surface area contributed by atoms with Crippen molar-refractivity contribution in [2.24, 2.45) is 0 Å². The third-order valence-corrected chi connectivity index (χ3v) is 0.625. The van der Waals surface area contributed by atoms with Crippen molar-refractivity contribution in [2.75, 3.05) is 6.61 Å². The predicted octanol–water partition coefficient (Wildman–Crippen LogP) is 0.557. The Kier molecular flexibility index (Phi) is 2.45. The van der Waals surface area contributed by atoms with Crippen LogP contribution in [0.4, 0.5) is 12.7 Å². The molecule has 5 heteroatoms. The number of rotatable bonds is 2. The second kappa shape index (κ2) is 2.42. The van der Waals surface area contributed by atoms with Gasteiger partial charge in [0.25, 0.3) is 0 Å². The van der Waals surface area contributed by atoms with Gasteiger partial charge < -0.3 is 5.11 Å². The Morgan fingerprint density at radius 1 is 1.57 bits per heavy atom. The molecule has 0 heterocycles. The van der Waals surface area contributed by atoms with Crippen molar-refractivity contribution in [1.82, 2.24) is 0 Å². The third kappa shape index (κ3) is 2.76. The fourth-order valence-corrected chi connectivity index (χ4v) is 0.0668. The Labute approximate surface area is 42.8 Å². The molecule has 1 nitrogen and oxygen atoms in total. The van der Waals surface area contributed by atoms with Gasteiger partial charge in [0.2, 0.25) is 0 Å². The maximum absolute atomic E-state index is 11.2. The molecule has 0 spiro atoms. The molecular weight excluding hydrogens is 129 g/mol. The van der Waals surface area contributed by atoms with Crippen LogP contribution in [-0.2, 0) is 0 Å². The molecule has 0 aliphatic rings. The van der Waals surface area contributed by atoms with Crippen LogP contribution >= 0.6 is 12.1 Å². The van der Waals surface area contributed by atoms with Gasteiger partial charge in [-0.25, -0.2) is 0 Å². The summed E-state index contributed by atoms with van der Waals surface area (Å²) in [5, 5.41) is 5.45. The first-order chi connectivity index (χ1) is 3.12. The van der Waals surface area contributed by atoms with Gasteiger partial charge in [-0.2, -0.15) is 12.7 Å². The van der Waals surface area contributed by atoms with E-state index in [0.29, 0.717) is 0 Å². The number of hydrogen-bond acceptors (Lipinski definition) is 2. The number of hydrogen-bond donors (Lipinski definition) is 0. The molecule has 0 saturated heterocycles. The summed E-state index contributed by atoms with van der Waals surface area (Å²) in [6, 6.07) is 0. The van der Waals surface area contributed by atoms with Crippen molar-refractivity contribution < 1.29 is 17.8 Å². The van der Waals surface area contributed by atoms with Crippen LogP contribution in [0, 0.1) is 0 Å². The highest BCUT2D eigenvalue weighted by molar-refractivity contribution is 7.95. The Bertz CT molecular complexity index is 50.9. The Morgan fingerprint density at radius 2 is 2.00 bits per heavy atom. The lowest BCUT2D eigenvalue weighted by Crippen LogP contribution is -2.25. The van der Waals surface area contributed by atoms with Crippen molar-refractivity contribution in [2.45, 2.75) is 5.25 Å². The summed E-state index contributed by atoms with van der Waals surface area (Å²) in [4.78, 5) is 0. The molecule has 0 bridgehead atoms. The van der Waals surface area contributed by atoms with E-state index in [4.69, 9.17) is 0 Å². The first kappa shape index (κ1) is 7.10. The molecule has 0 rings (SSSR count). The van der Waals surface area contributed by atoms with Crippen LogP contribution in [0.1, 0.15) is 0 Å². The van der Waals surface area contributed by atoms with Gasteiger partial charge in [-0.15, -0.1) is 0 Å². The molecule has 0 unspecified atom stereocenters. The van der Waals surface area contributed by atoms with Crippen LogP contribution in [0.2, 0.25) is 0 Å². The molecule has 0 aromatic heterocycles. The molecule has 0 aliphatic heterocycles. The average molecular weight is 131 g/mol. The standard InChI is InChI=1S/C2H2F3OS/c3-2(4,1-6)7-5/h1H2/q-1. The van der Waals surface area contributed by atoms with E-state index in [-0.39, 0.29) is 0 Å². The summed E-state index contributed by atoms with van der Waals surface area (Å²) in [7, 11) is 0. The van der Waals surface area contributed by atoms with E-state index in [2.05, 4.69) is 0 Å². The molecule has 0 N–H and O–H groups in total. The van der Waals surface area contributed by atoms with E-state index < -0.39 is 24.0 Å². The minimum Gasteiger partial charge on any atom is -0.850 e. The van der Waals surface area contributed by atoms with E-state index in [9.17, 15) is 17.8 Å². The van der Waals surface area contributed by atoms with Crippen LogP contribution in [0.3, 0.4) is 0 Å². The lowest BCUT2D eigenvalue weighted by atomic mass is 10.8. The third-order valence-electron chi connectivity index (χ3n) is 0.281. The van der Waals surface area contributed by atoms with Gasteiger partial charge in [0, 0.05) is 0 Å².